The maximum Gasteiger partial charge on any atom is 0.326 e. The molecule has 1 amide bonds. The third kappa shape index (κ3) is 4.40. The number of H-pyrrole nitrogens is 1. The quantitative estimate of drug-likeness (QED) is 0.377. The third-order valence-corrected chi connectivity index (χ3v) is 8.79. The number of imidazole rings is 2. The van der Waals surface area contributed by atoms with Gasteiger partial charge in [-0.1, -0.05) is 6.07 Å². The van der Waals surface area contributed by atoms with E-state index in [-0.39, 0.29) is 17.6 Å². The van der Waals surface area contributed by atoms with E-state index in [2.05, 4.69) is 65.2 Å². The number of nitrogens with one attached hydrogen (secondary N) is 2. The van der Waals surface area contributed by atoms with Crippen molar-refractivity contribution in [2.24, 2.45) is 13.0 Å². The number of rotatable bonds is 6. The molecule has 0 bridgehead atoms. The Balaban J connectivity index is 1.11. The summed E-state index contributed by atoms with van der Waals surface area (Å²) in [5, 5.41) is 3.01. The number of carbonyl (C=O) groups is 1. The predicted octanol–water partition coefficient (Wildman–Crippen LogP) is 1.74. The topological polar surface area (TPSA) is 120 Å². The number of hydrogen-bond acceptors (Lipinski definition) is 8. The molecule has 2 N–H and O–H groups in total. The minimum absolute atomic E-state index is 0.0500. The lowest BCUT2D eigenvalue weighted by Gasteiger charge is -2.34. The Morgan fingerprint density at radius 3 is 2.52 bits per heavy atom. The van der Waals surface area contributed by atoms with Gasteiger partial charge in [0.15, 0.2) is 17.0 Å². The maximum absolute atomic E-state index is 13.3. The van der Waals surface area contributed by atoms with E-state index in [0.717, 1.165) is 74.6 Å². The van der Waals surface area contributed by atoms with Crippen LogP contribution in [0.5, 0.6) is 0 Å². The Morgan fingerprint density at radius 1 is 1.00 bits per heavy atom. The molecular weight excluding hydrogens is 508 g/mol. The first-order valence-corrected chi connectivity index (χ1v) is 14.3. The summed E-state index contributed by atoms with van der Waals surface area (Å²) in [7, 11) is 3.97. The number of likely N-dealkylation sites (N-methyl/N-ethyl adjacent to an activating group) is 1. The fourth-order valence-electron chi connectivity index (χ4n) is 6.20. The molecule has 40 heavy (non-hydrogen) atoms. The van der Waals surface area contributed by atoms with Gasteiger partial charge in [0, 0.05) is 58.9 Å². The highest BCUT2D eigenvalue weighted by atomic mass is 16.2. The molecule has 12 nitrogen and oxygen atoms in total. The Bertz CT molecular complexity index is 1620. The van der Waals surface area contributed by atoms with Gasteiger partial charge in [0.05, 0.1) is 16.7 Å². The van der Waals surface area contributed by atoms with E-state index < -0.39 is 0 Å². The van der Waals surface area contributed by atoms with Crippen molar-refractivity contribution in [3.63, 3.8) is 0 Å². The zero-order valence-corrected chi connectivity index (χ0v) is 23.1. The van der Waals surface area contributed by atoms with E-state index in [4.69, 9.17) is 0 Å². The second-order valence-electron chi connectivity index (χ2n) is 11.5. The Kier molecular flexibility index (Phi) is 6.21. The van der Waals surface area contributed by atoms with Gasteiger partial charge in [-0.25, -0.2) is 19.7 Å². The van der Waals surface area contributed by atoms with E-state index in [9.17, 15) is 9.59 Å². The minimum Gasteiger partial charge on any atom is -0.367 e. The summed E-state index contributed by atoms with van der Waals surface area (Å²) < 4.78 is 3.70. The normalized spacial score (nSPS) is 19.1. The second-order valence-corrected chi connectivity index (χ2v) is 11.5. The van der Waals surface area contributed by atoms with Crippen molar-refractivity contribution < 1.29 is 4.79 Å². The van der Waals surface area contributed by atoms with E-state index >= 15 is 0 Å². The monoisotopic (exact) mass is 544 g/mol. The molecular formula is C28H36N10O2. The summed E-state index contributed by atoms with van der Waals surface area (Å²) in [4.78, 5) is 49.8. The molecule has 12 heteroatoms. The maximum atomic E-state index is 13.3. The van der Waals surface area contributed by atoms with Gasteiger partial charge in [-0.05, 0) is 50.8 Å². The minimum atomic E-state index is -0.174. The average Bonchev–Trinajstić information content (AvgIpc) is 3.66. The molecule has 5 heterocycles. The Labute approximate surface area is 232 Å². The Hall–Kier alpha value is -3.93. The van der Waals surface area contributed by atoms with Gasteiger partial charge in [0.25, 0.3) is 5.91 Å². The number of amides is 1. The molecule has 3 aliphatic rings. The van der Waals surface area contributed by atoms with Gasteiger partial charge >= 0.3 is 5.69 Å². The van der Waals surface area contributed by atoms with Crippen LogP contribution in [0.15, 0.2) is 29.3 Å². The van der Waals surface area contributed by atoms with Crippen LogP contribution in [0.3, 0.4) is 0 Å². The number of piperidine rings is 1. The molecule has 210 valence electrons. The number of hydrogen-bond donors (Lipinski definition) is 2. The molecule has 7 rings (SSSR count). The number of aromatic nitrogens is 6. The summed E-state index contributed by atoms with van der Waals surface area (Å²) in [6.07, 6.45) is 5.51. The van der Waals surface area contributed by atoms with Crippen molar-refractivity contribution in [3.8, 4) is 0 Å². The molecule has 2 saturated heterocycles. The number of para-hydroxylation sites is 1. The van der Waals surface area contributed by atoms with Crippen LogP contribution < -0.4 is 20.8 Å². The van der Waals surface area contributed by atoms with Crippen LogP contribution in [0.25, 0.3) is 22.2 Å². The highest BCUT2D eigenvalue weighted by molar-refractivity contribution is 5.96. The fraction of sp³-hybridized carbons (Fsp3) is 0.536. The van der Waals surface area contributed by atoms with Gasteiger partial charge in [0.2, 0.25) is 5.82 Å². The summed E-state index contributed by atoms with van der Waals surface area (Å²) in [6, 6.07) is 6.32. The summed E-state index contributed by atoms with van der Waals surface area (Å²) >= 11 is 0. The van der Waals surface area contributed by atoms with E-state index in [0.29, 0.717) is 29.5 Å². The molecule has 1 aromatic carbocycles. The number of piperazine rings is 1. The van der Waals surface area contributed by atoms with Crippen LogP contribution in [0.2, 0.25) is 0 Å². The second kappa shape index (κ2) is 9.92. The summed E-state index contributed by atoms with van der Waals surface area (Å²) in [6.45, 7) is 6.08. The number of fused-ring (bicyclic) bond motifs is 2. The number of anilines is 2. The highest BCUT2D eigenvalue weighted by Gasteiger charge is 2.29. The summed E-state index contributed by atoms with van der Waals surface area (Å²) in [5.74, 6) is 1.52. The van der Waals surface area contributed by atoms with Crippen LogP contribution in [0.1, 0.15) is 42.3 Å². The van der Waals surface area contributed by atoms with Crippen molar-refractivity contribution in [3.05, 3.63) is 40.8 Å². The van der Waals surface area contributed by atoms with Crippen LogP contribution in [0.4, 0.5) is 11.5 Å². The molecule has 1 aliphatic carbocycles. The molecule has 3 aromatic heterocycles. The molecule has 0 spiro atoms. The fourth-order valence-corrected chi connectivity index (χ4v) is 6.20. The molecule has 3 fully saturated rings. The van der Waals surface area contributed by atoms with Gasteiger partial charge in [0.1, 0.15) is 6.33 Å². The zero-order valence-electron chi connectivity index (χ0n) is 23.1. The molecule has 4 aromatic rings. The lowest BCUT2D eigenvalue weighted by molar-refractivity contribution is 0.0939. The number of aryl methyl sites for hydroxylation is 1. The van der Waals surface area contributed by atoms with E-state index in [1.165, 1.54) is 12.8 Å². The first-order valence-electron chi connectivity index (χ1n) is 14.3. The van der Waals surface area contributed by atoms with E-state index in [1.807, 2.05) is 11.6 Å². The first kappa shape index (κ1) is 25.1. The molecule has 0 atom stereocenters. The lowest BCUT2D eigenvalue weighted by atomic mass is 10.0. The molecule has 2 aliphatic heterocycles. The number of aromatic amines is 1. The van der Waals surface area contributed by atoms with Gasteiger partial charge in [-0.15, -0.1) is 0 Å². The molecule has 1 saturated carbocycles. The van der Waals surface area contributed by atoms with Gasteiger partial charge < -0.3 is 29.6 Å². The van der Waals surface area contributed by atoms with Crippen LogP contribution in [-0.2, 0) is 7.05 Å². The molecule has 0 radical (unpaired) electrons. The number of nitrogens with zero attached hydrogens (tertiary/aromatic N) is 8. The van der Waals surface area contributed by atoms with Crippen LogP contribution in [0, 0.1) is 5.92 Å². The first-order chi connectivity index (χ1) is 19.5. The van der Waals surface area contributed by atoms with Crippen molar-refractivity contribution >= 4 is 39.6 Å². The smallest absolute Gasteiger partial charge is 0.326 e. The third-order valence-electron chi connectivity index (χ3n) is 8.79. The van der Waals surface area contributed by atoms with Crippen LogP contribution in [-0.4, -0.2) is 92.7 Å². The van der Waals surface area contributed by atoms with Crippen molar-refractivity contribution in [1.82, 2.24) is 39.3 Å². The predicted molar refractivity (Wildman–Crippen MR) is 154 cm³/mol. The Morgan fingerprint density at radius 2 is 1.77 bits per heavy atom. The van der Waals surface area contributed by atoms with Crippen molar-refractivity contribution in [1.29, 1.82) is 0 Å². The largest absolute Gasteiger partial charge is 0.367 e. The average molecular weight is 545 g/mol. The lowest BCUT2D eigenvalue weighted by Crippen LogP contribution is -2.44. The highest BCUT2D eigenvalue weighted by Crippen LogP contribution is 2.32. The van der Waals surface area contributed by atoms with Gasteiger partial charge in [-0.2, -0.15) is 0 Å². The standard InChI is InChI=1S/C28H36N10O2/c1-34-12-14-36(15-13-34)20-4-3-5-21-22(20)33-28(40)38(21)19-8-10-37(11-9-19)25-23-24(30-17-31-25)35(2)26(32-23)27(39)29-16-18-6-7-18/h3-5,17-19H,6-16H2,1-2H3,(H,29,39)(H,33,40). The summed E-state index contributed by atoms with van der Waals surface area (Å²) in [5.41, 5.74) is 4.24. The number of benzene rings is 1. The molecule has 0 unspecified atom stereocenters. The number of carbonyl (C=O) groups excluding carboxylic acids is 1. The van der Waals surface area contributed by atoms with Crippen LogP contribution >= 0.6 is 0 Å². The van der Waals surface area contributed by atoms with E-state index in [1.54, 1.807) is 10.9 Å². The SMILES string of the molecule is CN1CCN(c2cccc3c2[nH]c(=O)n3C2CCN(c3ncnc4c3nc(C(=O)NCC3CC3)n4C)CC2)CC1. The van der Waals surface area contributed by atoms with Gasteiger partial charge in [-0.3, -0.25) is 9.36 Å². The van der Waals surface area contributed by atoms with Crippen molar-refractivity contribution in [2.75, 3.05) is 62.7 Å². The van der Waals surface area contributed by atoms with Crippen molar-refractivity contribution in [2.45, 2.75) is 31.7 Å². The zero-order chi connectivity index (χ0) is 27.4.